The number of hydrogen-bond acceptors (Lipinski definition) is 2. The summed E-state index contributed by atoms with van der Waals surface area (Å²) in [6.45, 7) is 1.68. The summed E-state index contributed by atoms with van der Waals surface area (Å²) in [6.07, 6.45) is 1.25. The van der Waals surface area contributed by atoms with Crippen LogP contribution in [0.15, 0.2) is 54.6 Å². The molecule has 2 unspecified atom stereocenters. The fourth-order valence-electron chi connectivity index (χ4n) is 2.60. The van der Waals surface area contributed by atoms with Crippen molar-refractivity contribution >= 4 is 18.1 Å². The molecule has 2 nitrogen and oxygen atoms in total. The van der Waals surface area contributed by atoms with E-state index in [1.807, 2.05) is 6.07 Å². The van der Waals surface area contributed by atoms with Gasteiger partial charge in [0.25, 0.3) is 0 Å². The van der Waals surface area contributed by atoms with Gasteiger partial charge in [0.15, 0.2) is 0 Å². The number of hydrogen-bond donors (Lipinski definition) is 2. The maximum atomic E-state index is 5.72. The van der Waals surface area contributed by atoms with Crippen LogP contribution >= 0.6 is 12.4 Å². The number of anilines is 1. The predicted octanol–water partition coefficient (Wildman–Crippen LogP) is 3.78. The molecule has 20 heavy (non-hydrogen) atoms. The van der Waals surface area contributed by atoms with Crippen molar-refractivity contribution < 1.29 is 0 Å². The van der Waals surface area contributed by atoms with Crippen molar-refractivity contribution in [3.05, 3.63) is 65.7 Å². The molecule has 1 aliphatic carbocycles. The first-order chi connectivity index (χ1) is 9.36. The van der Waals surface area contributed by atoms with Gasteiger partial charge in [0.1, 0.15) is 0 Å². The zero-order valence-corrected chi connectivity index (χ0v) is 12.3. The number of nitrogens with two attached hydrogens (primary N) is 1. The summed E-state index contributed by atoms with van der Waals surface area (Å²) in [6, 6.07) is 19.2. The molecule has 0 aliphatic heterocycles. The van der Waals surface area contributed by atoms with Gasteiger partial charge in [-0.2, -0.15) is 0 Å². The summed E-state index contributed by atoms with van der Waals surface area (Å²) >= 11 is 0. The van der Waals surface area contributed by atoms with E-state index in [0.29, 0.717) is 11.8 Å². The molecule has 0 spiro atoms. The van der Waals surface area contributed by atoms with Gasteiger partial charge in [-0.3, -0.25) is 0 Å². The lowest BCUT2D eigenvalue weighted by Gasteiger charge is -2.08. The third-order valence-corrected chi connectivity index (χ3v) is 3.88. The lowest BCUT2D eigenvalue weighted by molar-refractivity contribution is 0.810. The summed E-state index contributed by atoms with van der Waals surface area (Å²) < 4.78 is 0. The van der Waals surface area contributed by atoms with Crippen molar-refractivity contribution in [3.8, 4) is 0 Å². The highest BCUT2D eigenvalue weighted by molar-refractivity contribution is 5.85. The minimum absolute atomic E-state index is 0. The van der Waals surface area contributed by atoms with Gasteiger partial charge in [-0.1, -0.05) is 42.5 Å². The van der Waals surface area contributed by atoms with Gasteiger partial charge in [0, 0.05) is 12.2 Å². The van der Waals surface area contributed by atoms with Crippen LogP contribution < -0.4 is 11.1 Å². The number of benzene rings is 2. The summed E-state index contributed by atoms with van der Waals surface area (Å²) in [7, 11) is 0. The maximum absolute atomic E-state index is 5.72. The van der Waals surface area contributed by atoms with Crippen LogP contribution in [0.4, 0.5) is 5.69 Å². The first-order valence-electron chi connectivity index (χ1n) is 6.94. The van der Waals surface area contributed by atoms with Gasteiger partial charge in [-0.25, -0.2) is 0 Å². The molecular formula is C17H21ClN2. The third kappa shape index (κ3) is 3.53. The zero-order chi connectivity index (χ0) is 13.1. The Morgan fingerprint density at radius 2 is 1.85 bits per heavy atom. The van der Waals surface area contributed by atoms with E-state index in [0.717, 1.165) is 13.1 Å². The monoisotopic (exact) mass is 288 g/mol. The molecule has 0 aromatic heterocycles. The van der Waals surface area contributed by atoms with Crippen LogP contribution in [0.5, 0.6) is 0 Å². The van der Waals surface area contributed by atoms with Gasteiger partial charge >= 0.3 is 0 Å². The van der Waals surface area contributed by atoms with E-state index in [1.165, 1.54) is 23.2 Å². The highest BCUT2D eigenvalue weighted by Gasteiger charge is 2.36. The predicted molar refractivity (Wildman–Crippen MR) is 87.4 cm³/mol. The largest absolute Gasteiger partial charge is 0.381 e. The fourth-order valence-corrected chi connectivity index (χ4v) is 2.60. The summed E-state index contributed by atoms with van der Waals surface area (Å²) in [5, 5.41) is 3.49. The number of nitrogens with one attached hydrogen (secondary N) is 1. The van der Waals surface area contributed by atoms with Crippen molar-refractivity contribution in [2.75, 3.05) is 11.9 Å². The molecule has 2 aromatic rings. The minimum atomic E-state index is 0. The van der Waals surface area contributed by atoms with Crippen molar-refractivity contribution in [3.63, 3.8) is 0 Å². The molecule has 0 saturated heterocycles. The fraction of sp³-hybridized carbons (Fsp3) is 0.294. The van der Waals surface area contributed by atoms with Crippen LogP contribution in [0.25, 0.3) is 0 Å². The Morgan fingerprint density at radius 1 is 1.05 bits per heavy atom. The van der Waals surface area contributed by atoms with Gasteiger partial charge in [0.2, 0.25) is 0 Å². The standard InChI is InChI=1S/C17H20N2.ClH/c18-11-15-10-17(15)14-7-4-8-16(9-14)19-12-13-5-2-1-3-6-13;/h1-9,15,17,19H,10-12,18H2;1H. The Labute approximate surface area is 126 Å². The molecule has 3 rings (SSSR count). The molecule has 106 valence electrons. The van der Waals surface area contributed by atoms with Gasteiger partial charge in [0.05, 0.1) is 0 Å². The van der Waals surface area contributed by atoms with Gasteiger partial charge < -0.3 is 11.1 Å². The Balaban J connectivity index is 0.00000147. The molecule has 1 aliphatic rings. The van der Waals surface area contributed by atoms with E-state index in [1.54, 1.807) is 0 Å². The number of rotatable bonds is 5. The lowest BCUT2D eigenvalue weighted by Crippen LogP contribution is -2.02. The Bertz CT molecular complexity index is 542. The van der Waals surface area contributed by atoms with Gasteiger partial charge in [-0.05, 0) is 48.1 Å². The smallest absolute Gasteiger partial charge is 0.0400 e. The van der Waals surface area contributed by atoms with Crippen LogP contribution in [-0.4, -0.2) is 6.54 Å². The van der Waals surface area contributed by atoms with Crippen LogP contribution in [0.2, 0.25) is 0 Å². The third-order valence-electron chi connectivity index (χ3n) is 3.88. The van der Waals surface area contributed by atoms with E-state index >= 15 is 0 Å². The highest BCUT2D eigenvalue weighted by atomic mass is 35.5. The Hall–Kier alpha value is -1.51. The van der Waals surface area contributed by atoms with Crippen LogP contribution in [0.1, 0.15) is 23.5 Å². The van der Waals surface area contributed by atoms with E-state index in [9.17, 15) is 0 Å². The first-order valence-corrected chi connectivity index (χ1v) is 6.94. The SMILES string of the molecule is Cl.NCC1CC1c1cccc(NCc2ccccc2)c1. The second-order valence-electron chi connectivity index (χ2n) is 5.30. The minimum Gasteiger partial charge on any atom is -0.381 e. The highest BCUT2D eigenvalue weighted by Crippen LogP contribution is 2.46. The average Bonchev–Trinajstić information content (AvgIpc) is 3.26. The van der Waals surface area contributed by atoms with Crippen molar-refractivity contribution in [2.24, 2.45) is 11.7 Å². The normalized spacial score (nSPS) is 20.1. The molecule has 1 saturated carbocycles. The molecule has 2 aromatic carbocycles. The Morgan fingerprint density at radius 3 is 2.55 bits per heavy atom. The van der Waals surface area contributed by atoms with Crippen molar-refractivity contribution in [2.45, 2.75) is 18.9 Å². The summed E-state index contributed by atoms with van der Waals surface area (Å²) in [5.74, 6) is 1.38. The molecule has 1 fully saturated rings. The second kappa shape index (κ2) is 6.78. The molecule has 0 bridgehead atoms. The average molecular weight is 289 g/mol. The molecule has 3 N–H and O–H groups in total. The summed E-state index contributed by atoms with van der Waals surface area (Å²) in [5.41, 5.74) is 9.65. The lowest BCUT2D eigenvalue weighted by atomic mass is 10.1. The summed E-state index contributed by atoms with van der Waals surface area (Å²) in [4.78, 5) is 0. The molecule has 0 amide bonds. The Kier molecular flexibility index (Phi) is 5.05. The van der Waals surface area contributed by atoms with Crippen LogP contribution in [0, 0.1) is 5.92 Å². The molecular weight excluding hydrogens is 268 g/mol. The second-order valence-corrected chi connectivity index (χ2v) is 5.30. The van der Waals surface area contributed by atoms with E-state index in [4.69, 9.17) is 5.73 Å². The molecule has 2 atom stereocenters. The maximum Gasteiger partial charge on any atom is 0.0400 e. The van der Waals surface area contributed by atoms with E-state index in [-0.39, 0.29) is 12.4 Å². The molecule has 3 heteroatoms. The van der Waals surface area contributed by atoms with Crippen molar-refractivity contribution in [1.82, 2.24) is 0 Å². The van der Waals surface area contributed by atoms with E-state index in [2.05, 4.69) is 53.8 Å². The first kappa shape index (κ1) is 14.9. The van der Waals surface area contributed by atoms with Gasteiger partial charge in [-0.15, -0.1) is 12.4 Å². The zero-order valence-electron chi connectivity index (χ0n) is 11.5. The van der Waals surface area contributed by atoms with E-state index < -0.39 is 0 Å². The molecule has 0 radical (unpaired) electrons. The topological polar surface area (TPSA) is 38.0 Å². The quantitative estimate of drug-likeness (QED) is 0.879. The van der Waals surface area contributed by atoms with Crippen LogP contribution in [-0.2, 0) is 6.54 Å². The molecule has 0 heterocycles. The van der Waals surface area contributed by atoms with Crippen LogP contribution in [0.3, 0.4) is 0 Å². The number of halogens is 1. The van der Waals surface area contributed by atoms with Crippen molar-refractivity contribution in [1.29, 1.82) is 0 Å².